The summed E-state index contributed by atoms with van der Waals surface area (Å²) in [7, 11) is -3.96. The molecule has 3 rings (SSSR count). The molecule has 0 fully saturated rings. The molecule has 0 heterocycles. The van der Waals surface area contributed by atoms with E-state index in [4.69, 9.17) is 23.2 Å². The van der Waals surface area contributed by atoms with Crippen molar-refractivity contribution in [1.29, 1.82) is 0 Å². The fourth-order valence-electron chi connectivity index (χ4n) is 2.96. The number of carbonyl (C=O) groups is 1. The van der Waals surface area contributed by atoms with Gasteiger partial charge in [0.2, 0.25) is 10.0 Å². The van der Waals surface area contributed by atoms with Gasteiger partial charge in [0.15, 0.2) is 0 Å². The Bertz CT molecular complexity index is 1230. The molecular weight excluding hydrogens is 469 g/mol. The number of hydrazone groups is 1. The minimum atomic E-state index is -3.96. The Morgan fingerprint density at radius 2 is 1.72 bits per heavy atom. The van der Waals surface area contributed by atoms with E-state index < -0.39 is 22.5 Å². The predicted molar refractivity (Wildman–Crippen MR) is 127 cm³/mol. The highest BCUT2D eigenvalue weighted by Gasteiger charge is 2.27. The molecule has 6 nitrogen and oxygen atoms in total. The lowest BCUT2D eigenvalue weighted by Gasteiger charge is -2.21. The number of sulfonamides is 1. The van der Waals surface area contributed by atoms with E-state index in [2.05, 4.69) is 10.5 Å². The third kappa shape index (κ3) is 6.64. The summed E-state index contributed by atoms with van der Waals surface area (Å²) in [5.41, 5.74) is 4.82. The SMILES string of the molecule is Cc1cccc(CN(CC(=O)N/N=C\c2cccc(Cl)c2)S(=O)(=O)c2ccc(Cl)cc2)c1. The van der Waals surface area contributed by atoms with Crippen LogP contribution in [0.5, 0.6) is 0 Å². The standard InChI is InChI=1S/C23H21Cl2N3O3S/c1-17-4-2-6-19(12-17)15-28(32(30,31)22-10-8-20(24)9-11-22)16-23(29)27-26-14-18-5-3-7-21(25)13-18/h2-14H,15-16H2,1H3,(H,27,29)/b26-14-. The molecule has 1 N–H and O–H groups in total. The van der Waals surface area contributed by atoms with E-state index in [1.165, 1.54) is 30.5 Å². The zero-order chi connectivity index (χ0) is 23.1. The maximum absolute atomic E-state index is 13.3. The number of amides is 1. The number of hydrogen-bond donors (Lipinski definition) is 1. The van der Waals surface area contributed by atoms with Gasteiger partial charge >= 0.3 is 0 Å². The van der Waals surface area contributed by atoms with Gasteiger partial charge in [-0.25, -0.2) is 13.8 Å². The molecule has 0 saturated heterocycles. The molecule has 0 radical (unpaired) electrons. The summed E-state index contributed by atoms with van der Waals surface area (Å²) < 4.78 is 27.6. The van der Waals surface area contributed by atoms with Gasteiger partial charge in [0.05, 0.1) is 17.7 Å². The van der Waals surface area contributed by atoms with Crippen molar-refractivity contribution in [3.63, 3.8) is 0 Å². The summed E-state index contributed by atoms with van der Waals surface area (Å²) in [6, 6.07) is 20.2. The highest BCUT2D eigenvalue weighted by Crippen LogP contribution is 2.21. The van der Waals surface area contributed by atoms with Crippen molar-refractivity contribution >= 4 is 45.3 Å². The molecule has 0 aliphatic heterocycles. The zero-order valence-corrected chi connectivity index (χ0v) is 19.5. The van der Waals surface area contributed by atoms with Crippen LogP contribution in [0.15, 0.2) is 82.8 Å². The van der Waals surface area contributed by atoms with E-state index in [-0.39, 0.29) is 11.4 Å². The molecule has 0 aliphatic rings. The number of benzene rings is 3. The van der Waals surface area contributed by atoms with Crippen LogP contribution in [-0.4, -0.2) is 31.4 Å². The first-order chi connectivity index (χ1) is 15.2. The van der Waals surface area contributed by atoms with Crippen LogP contribution in [0, 0.1) is 6.92 Å². The Labute approximate surface area is 197 Å². The number of nitrogens with zero attached hydrogens (tertiary/aromatic N) is 2. The summed E-state index contributed by atoms with van der Waals surface area (Å²) in [6.45, 7) is 1.53. The fraction of sp³-hybridized carbons (Fsp3) is 0.130. The van der Waals surface area contributed by atoms with Crippen LogP contribution in [0.4, 0.5) is 0 Å². The molecule has 1 amide bonds. The van der Waals surface area contributed by atoms with Crippen LogP contribution < -0.4 is 5.43 Å². The normalized spacial score (nSPS) is 11.8. The summed E-state index contributed by atoms with van der Waals surface area (Å²) in [4.78, 5) is 12.6. The summed E-state index contributed by atoms with van der Waals surface area (Å²) >= 11 is 11.8. The molecular formula is C23H21Cl2N3O3S. The molecule has 3 aromatic carbocycles. The quantitative estimate of drug-likeness (QED) is 0.369. The number of aryl methyl sites for hydroxylation is 1. The van der Waals surface area contributed by atoms with E-state index in [1.54, 1.807) is 24.3 Å². The first kappa shape index (κ1) is 23.9. The number of halogens is 2. The number of rotatable bonds is 8. The van der Waals surface area contributed by atoms with Crippen LogP contribution in [0.3, 0.4) is 0 Å². The minimum absolute atomic E-state index is 0.0259. The lowest BCUT2D eigenvalue weighted by Crippen LogP contribution is -2.39. The molecule has 0 bridgehead atoms. The maximum Gasteiger partial charge on any atom is 0.255 e. The number of carbonyl (C=O) groups excluding carboxylic acids is 1. The smallest absolute Gasteiger partial charge is 0.255 e. The average molecular weight is 490 g/mol. The summed E-state index contributed by atoms with van der Waals surface area (Å²) in [6.07, 6.45) is 1.43. The van der Waals surface area contributed by atoms with Crippen molar-refractivity contribution < 1.29 is 13.2 Å². The maximum atomic E-state index is 13.3. The van der Waals surface area contributed by atoms with Crippen molar-refractivity contribution in [3.05, 3.63) is 99.5 Å². The third-order valence-electron chi connectivity index (χ3n) is 4.46. The lowest BCUT2D eigenvalue weighted by molar-refractivity contribution is -0.121. The molecule has 0 saturated carbocycles. The van der Waals surface area contributed by atoms with Crippen LogP contribution in [0.1, 0.15) is 16.7 Å². The van der Waals surface area contributed by atoms with Crippen molar-refractivity contribution in [2.45, 2.75) is 18.4 Å². The van der Waals surface area contributed by atoms with E-state index in [0.717, 1.165) is 15.4 Å². The first-order valence-corrected chi connectivity index (χ1v) is 11.8. The molecule has 0 unspecified atom stereocenters. The Morgan fingerprint density at radius 3 is 2.41 bits per heavy atom. The van der Waals surface area contributed by atoms with Gasteiger partial charge in [0, 0.05) is 16.6 Å². The number of hydrogen-bond acceptors (Lipinski definition) is 4. The predicted octanol–water partition coefficient (Wildman–Crippen LogP) is 4.64. The molecule has 0 aromatic heterocycles. The monoisotopic (exact) mass is 489 g/mol. The topological polar surface area (TPSA) is 78.8 Å². The summed E-state index contributed by atoms with van der Waals surface area (Å²) in [5.74, 6) is -0.575. The van der Waals surface area contributed by atoms with Gasteiger partial charge in [-0.15, -0.1) is 0 Å². The molecule has 3 aromatic rings. The van der Waals surface area contributed by atoms with Crippen LogP contribution >= 0.6 is 23.2 Å². The van der Waals surface area contributed by atoms with Crippen LogP contribution in [0.2, 0.25) is 10.0 Å². The fourth-order valence-corrected chi connectivity index (χ4v) is 4.67. The Balaban J connectivity index is 1.80. The van der Waals surface area contributed by atoms with Crippen molar-refractivity contribution in [1.82, 2.24) is 9.73 Å². The van der Waals surface area contributed by atoms with Crippen LogP contribution in [0.25, 0.3) is 0 Å². The molecule has 0 atom stereocenters. The minimum Gasteiger partial charge on any atom is -0.272 e. The van der Waals surface area contributed by atoms with Gasteiger partial charge in [0.25, 0.3) is 5.91 Å². The van der Waals surface area contributed by atoms with Gasteiger partial charge in [-0.05, 0) is 54.4 Å². The first-order valence-electron chi connectivity index (χ1n) is 9.63. The van der Waals surface area contributed by atoms with Crippen molar-refractivity contribution in [2.24, 2.45) is 5.10 Å². The Hall–Kier alpha value is -2.71. The van der Waals surface area contributed by atoms with Crippen LogP contribution in [-0.2, 0) is 21.4 Å². The van der Waals surface area contributed by atoms with Gasteiger partial charge in [-0.2, -0.15) is 9.41 Å². The zero-order valence-electron chi connectivity index (χ0n) is 17.2. The van der Waals surface area contributed by atoms with Crippen molar-refractivity contribution in [2.75, 3.05) is 6.54 Å². The van der Waals surface area contributed by atoms with E-state index >= 15 is 0 Å². The molecule has 0 aliphatic carbocycles. The van der Waals surface area contributed by atoms with E-state index in [0.29, 0.717) is 15.6 Å². The third-order valence-corrected chi connectivity index (χ3v) is 6.76. The van der Waals surface area contributed by atoms with Crippen molar-refractivity contribution in [3.8, 4) is 0 Å². The summed E-state index contributed by atoms with van der Waals surface area (Å²) in [5, 5.41) is 4.86. The average Bonchev–Trinajstić information content (AvgIpc) is 2.74. The van der Waals surface area contributed by atoms with E-state index in [9.17, 15) is 13.2 Å². The Morgan fingerprint density at radius 1 is 1.00 bits per heavy atom. The second kappa shape index (κ2) is 10.7. The van der Waals surface area contributed by atoms with Gasteiger partial charge in [-0.3, -0.25) is 4.79 Å². The molecule has 0 spiro atoms. The molecule has 166 valence electrons. The molecule has 32 heavy (non-hydrogen) atoms. The van der Waals surface area contributed by atoms with Gasteiger partial charge in [-0.1, -0.05) is 65.2 Å². The Kier molecular flexibility index (Phi) is 8.04. The second-order valence-corrected chi connectivity index (χ2v) is 9.88. The highest BCUT2D eigenvalue weighted by molar-refractivity contribution is 7.89. The second-order valence-electron chi connectivity index (χ2n) is 7.06. The number of nitrogens with one attached hydrogen (secondary N) is 1. The van der Waals surface area contributed by atoms with Gasteiger partial charge < -0.3 is 0 Å². The largest absolute Gasteiger partial charge is 0.272 e. The van der Waals surface area contributed by atoms with E-state index in [1.807, 2.05) is 31.2 Å². The molecule has 9 heteroatoms. The highest BCUT2D eigenvalue weighted by atomic mass is 35.5. The van der Waals surface area contributed by atoms with Gasteiger partial charge in [0.1, 0.15) is 0 Å². The lowest BCUT2D eigenvalue weighted by atomic mass is 10.1.